The van der Waals surface area contributed by atoms with Gasteiger partial charge in [-0.25, -0.2) is 5.01 Å². The maximum atomic E-state index is 4.93. The highest BCUT2D eigenvalue weighted by Crippen LogP contribution is 2.31. The predicted octanol–water partition coefficient (Wildman–Crippen LogP) is 7.74. The largest absolute Gasteiger partial charge is 0.338 e. The monoisotopic (exact) mass is 447 g/mol. The van der Waals surface area contributed by atoms with Crippen molar-refractivity contribution in [3.63, 3.8) is 0 Å². The Hall–Kier alpha value is -3.59. The van der Waals surface area contributed by atoms with Gasteiger partial charge in [-0.05, 0) is 80.9 Å². The van der Waals surface area contributed by atoms with Crippen molar-refractivity contribution in [1.29, 1.82) is 0 Å². The molecule has 3 heteroatoms. The van der Waals surface area contributed by atoms with Gasteiger partial charge in [0.25, 0.3) is 0 Å². The van der Waals surface area contributed by atoms with Gasteiger partial charge in [-0.1, -0.05) is 72.9 Å². The van der Waals surface area contributed by atoms with E-state index in [1.54, 1.807) is 0 Å². The van der Waals surface area contributed by atoms with Crippen molar-refractivity contribution in [2.24, 2.45) is 5.10 Å². The Balaban J connectivity index is 1.38. The molecule has 0 bridgehead atoms. The summed E-state index contributed by atoms with van der Waals surface area (Å²) in [6.45, 7) is 0. The molecule has 34 heavy (non-hydrogen) atoms. The topological polar surface area (TPSA) is 18.8 Å². The number of hydrazone groups is 1. The number of rotatable bonds is 7. The van der Waals surface area contributed by atoms with Gasteiger partial charge in [-0.2, -0.15) is 5.10 Å². The Labute approximate surface area is 203 Å². The van der Waals surface area contributed by atoms with Crippen LogP contribution in [0.15, 0.2) is 131 Å². The van der Waals surface area contributed by atoms with Gasteiger partial charge < -0.3 is 4.90 Å². The van der Waals surface area contributed by atoms with Crippen LogP contribution >= 0.6 is 0 Å². The minimum absolute atomic E-state index is 0.382. The average Bonchev–Trinajstić information content (AvgIpc) is 2.92. The lowest BCUT2D eigenvalue weighted by molar-refractivity contribution is 0.355. The second kappa shape index (κ2) is 11.0. The van der Waals surface area contributed by atoms with Gasteiger partial charge in [-0.15, -0.1) is 0 Å². The molecule has 1 atom stereocenters. The minimum Gasteiger partial charge on any atom is -0.338 e. The summed E-state index contributed by atoms with van der Waals surface area (Å²) in [6, 6.07) is 10.8. The van der Waals surface area contributed by atoms with Crippen molar-refractivity contribution >= 4 is 11.9 Å². The van der Waals surface area contributed by atoms with E-state index < -0.39 is 0 Å². The molecule has 3 nitrogen and oxygen atoms in total. The molecule has 0 spiro atoms. The van der Waals surface area contributed by atoms with Crippen molar-refractivity contribution in [3.8, 4) is 0 Å². The van der Waals surface area contributed by atoms with E-state index >= 15 is 0 Å². The first-order chi connectivity index (χ1) is 16.9. The molecule has 0 radical (unpaired) electrons. The van der Waals surface area contributed by atoms with Crippen LogP contribution in [-0.2, 0) is 0 Å². The first kappa shape index (κ1) is 22.2. The van der Waals surface area contributed by atoms with Crippen LogP contribution in [0.5, 0.6) is 0 Å². The van der Waals surface area contributed by atoms with Crippen LogP contribution in [0, 0.1) is 0 Å². The highest BCUT2D eigenvalue weighted by molar-refractivity contribution is 5.81. The van der Waals surface area contributed by atoms with Crippen LogP contribution in [0.2, 0.25) is 0 Å². The Bertz CT molecular complexity index is 1140. The zero-order chi connectivity index (χ0) is 23.0. The fraction of sp³-hybridized carbons (Fsp3) is 0.258. The van der Waals surface area contributed by atoms with E-state index in [1.165, 1.54) is 17.0 Å². The highest BCUT2D eigenvalue weighted by atomic mass is 15.5. The first-order valence-corrected chi connectivity index (χ1v) is 12.5. The first-order valence-electron chi connectivity index (χ1n) is 12.5. The standard InChI is InChI=1S/C31H33N3/c1-5-13-27(14-6-1)33(28-15-7-2-8-16-28)29-23-21-26(22-24-29)25-32-34(30-17-9-3-10-18-30)31-19-11-4-12-20-31/h1,3,5-7,9-11,13,15-21,23,25,27H,2,4,8,12,14,22,24H2. The smallest absolute Gasteiger partial charge is 0.0652 e. The van der Waals surface area contributed by atoms with Crippen molar-refractivity contribution in [3.05, 3.63) is 126 Å². The van der Waals surface area contributed by atoms with Gasteiger partial charge in [0.15, 0.2) is 0 Å². The van der Waals surface area contributed by atoms with E-state index in [0.717, 1.165) is 56.3 Å². The molecule has 0 fully saturated rings. The van der Waals surface area contributed by atoms with E-state index in [2.05, 4.69) is 107 Å². The third-order valence-corrected chi connectivity index (χ3v) is 6.57. The van der Waals surface area contributed by atoms with E-state index in [4.69, 9.17) is 5.10 Å². The Morgan fingerprint density at radius 2 is 1.59 bits per heavy atom. The van der Waals surface area contributed by atoms with E-state index in [1.807, 2.05) is 12.3 Å². The summed E-state index contributed by atoms with van der Waals surface area (Å²) in [5.41, 5.74) is 6.21. The van der Waals surface area contributed by atoms with Gasteiger partial charge in [0.1, 0.15) is 0 Å². The summed E-state index contributed by atoms with van der Waals surface area (Å²) in [5, 5.41) is 6.98. The zero-order valence-corrected chi connectivity index (χ0v) is 19.8. The molecule has 1 aromatic rings. The maximum Gasteiger partial charge on any atom is 0.0652 e. The van der Waals surface area contributed by atoms with E-state index in [9.17, 15) is 0 Å². The molecule has 1 unspecified atom stereocenters. The predicted molar refractivity (Wildman–Crippen MR) is 144 cm³/mol. The Morgan fingerprint density at radius 3 is 2.24 bits per heavy atom. The molecule has 172 valence electrons. The lowest BCUT2D eigenvalue weighted by Gasteiger charge is -2.37. The van der Waals surface area contributed by atoms with Crippen LogP contribution in [0.4, 0.5) is 5.69 Å². The number of anilines is 1. The second-order valence-corrected chi connectivity index (χ2v) is 9.00. The van der Waals surface area contributed by atoms with Gasteiger partial charge in [0, 0.05) is 11.4 Å². The molecule has 0 heterocycles. The second-order valence-electron chi connectivity index (χ2n) is 9.00. The Kier molecular flexibility index (Phi) is 7.20. The van der Waals surface area contributed by atoms with Gasteiger partial charge in [-0.3, -0.25) is 0 Å². The summed E-state index contributed by atoms with van der Waals surface area (Å²) in [4.78, 5) is 2.54. The maximum absolute atomic E-state index is 4.93. The van der Waals surface area contributed by atoms with Crippen molar-refractivity contribution in [2.75, 3.05) is 5.01 Å². The molecule has 0 aromatic heterocycles. The van der Waals surface area contributed by atoms with Crippen LogP contribution < -0.4 is 5.01 Å². The van der Waals surface area contributed by atoms with Crippen molar-refractivity contribution < 1.29 is 0 Å². The molecule has 0 aliphatic heterocycles. The fourth-order valence-electron chi connectivity index (χ4n) is 4.80. The molecule has 4 aliphatic rings. The summed E-state index contributed by atoms with van der Waals surface area (Å²) in [5.74, 6) is 0. The lowest BCUT2D eigenvalue weighted by Crippen LogP contribution is -2.33. The highest BCUT2D eigenvalue weighted by Gasteiger charge is 2.23. The average molecular weight is 448 g/mol. The molecular formula is C31H33N3. The number of para-hydroxylation sites is 1. The molecule has 1 aromatic carbocycles. The summed E-state index contributed by atoms with van der Waals surface area (Å²) < 4.78 is 0. The van der Waals surface area contributed by atoms with Crippen LogP contribution in [0.1, 0.15) is 44.9 Å². The third-order valence-electron chi connectivity index (χ3n) is 6.57. The van der Waals surface area contributed by atoms with Crippen LogP contribution in [0.3, 0.4) is 0 Å². The van der Waals surface area contributed by atoms with Crippen LogP contribution in [0.25, 0.3) is 0 Å². The molecule has 0 saturated heterocycles. The molecule has 0 N–H and O–H groups in total. The molecular weight excluding hydrogens is 414 g/mol. The molecule has 5 rings (SSSR count). The van der Waals surface area contributed by atoms with Crippen molar-refractivity contribution in [2.45, 2.75) is 51.0 Å². The third kappa shape index (κ3) is 5.31. The van der Waals surface area contributed by atoms with Gasteiger partial charge in [0.2, 0.25) is 0 Å². The lowest BCUT2D eigenvalue weighted by atomic mass is 9.97. The zero-order valence-electron chi connectivity index (χ0n) is 19.8. The van der Waals surface area contributed by atoms with Gasteiger partial charge in [0.05, 0.1) is 23.6 Å². The number of hydrogen-bond donors (Lipinski definition) is 0. The quantitative estimate of drug-likeness (QED) is 0.314. The normalized spacial score (nSPS) is 21.7. The minimum atomic E-state index is 0.382. The fourth-order valence-corrected chi connectivity index (χ4v) is 4.80. The van der Waals surface area contributed by atoms with Crippen LogP contribution in [-0.4, -0.2) is 17.2 Å². The summed E-state index contributed by atoms with van der Waals surface area (Å²) in [6.07, 6.45) is 36.7. The number of allylic oxidation sites excluding steroid dienone is 12. The Morgan fingerprint density at radius 1 is 0.794 bits per heavy atom. The SMILES string of the molecule is C1=CCC(N(C2=CCCC=C2)C2=CC=C(C=NN(C3=CCCC=C3)c3ccccc3)CC2)C=C1. The molecule has 0 saturated carbocycles. The molecule has 0 amide bonds. The summed E-state index contributed by atoms with van der Waals surface area (Å²) >= 11 is 0. The number of benzene rings is 1. The van der Waals surface area contributed by atoms with E-state index in [-0.39, 0.29) is 0 Å². The van der Waals surface area contributed by atoms with Crippen molar-refractivity contribution in [1.82, 2.24) is 4.90 Å². The number of hydrogen-bond acceptors (Lipinski definition) is 3. The van der Waals surface area contributed by atoms with E-state index in [0.29, 0.717) is 6.04 Å². The number of nitrogens with zero attached hydrogens (tertiary/aromatic N) is 3. The molecule has 4 aliphatic carbocycles. The summed E-state index contributed by atoms with van der Waals surface area (Å²) in [7, 11) is 0. The van der Waals surface area contributed by atoms with Gasteiger partial charge >= 0.3 is 0 Å².